The molecule has 17 heavy (non-hydrogen) atoms. The van der Waals surface area contributed by atoms with E-state index in [0.717, 1.165) is 17.3 Å². The second kappa shape index (κ2) is 5.68. The van der Waals surface area contributed by atoms with Crippen LogP contribution in [-0.4, -0.2) is 29.6 Å². The SMILES string of the molecule is COc1cc2ncncc2cc1OCCCCl. The summed E-state index contributed by atoms with van der Waals surface area (Å²) in [4.78, 5) is 8.14. The number of hydrogen-bond acceptors (Lipinski definition) is 4. The zero-order valence-corrected chi connectivity index (χ0v) is 10.3. The fourth-order valence-electron chi connectivity index (χ4n) is 1.50. The summed E-state index contributed by atoms with van der Waals surface area (Å²) >= 11 is 5.61. The molecule has 0 amide bonds. The minimum absolute atomic E-state index is 0.569. The number of alkyl halides is 1. The summed E-state index contributed by atoms with van der Waals surface area (Å²) in [5.41, 5.74) is 0.835. The lowest BCUT2D eigenvalue weighted by atomic mass is 10.2. The third-order valence-electron chi connectivity index (χ3n) is 2.33. The lowest BCUT2D eigenvalue weighted by molar-refractivity contribution is 0.295. The van der Waals surface area contributed by atoms with Crippen molar-refractivity contribution in [1.82, 2.24) is 9.97 Å². The molecule has 4 nitrogen and oxygen atoms in total. The Morgan fingerprint density at radius 2 is 2.18 bits per heavy atom. The topological polar surface area (TPSA) is 44.2 Å². The average Bonchev–Trinajstić information content (AvgIpc) is 2.38. The second-order valence-electron chi connectivity index (χ2n) is 3.48. The molecule has 2 aromatic rings. The minimum Gasteiger partial charge on any atom is -0.493 e. The van der Waals surface area contributed by atoms with Crippen LogP contribution in [0.2, 0.25) is 0 Å². The highest BCUT2D eigenvalue weighted by atomic mass is 35.5. The zero-order chi connectivity index (χ0) is 12.1. The highest BCUT2D eigenvalue weighted by molar-refractivity contribution is 6.17. The van der Waals surface area contributed by atoms with Crippen molar-refractivity contribution < 1.29 is 9.47 Å². The van der Waals surface area contributed by atoms with Gasteiger partial charge in [-0.05, 0) is 12.5 Å². The van der Waals surface area contributed by atoms with E-state index >= 15 is 0 Å². The molecule has 0 aliphatic carbocycles. The standard InChI is InChI=1S/C12H13ClN2O2/c1-16-11-6-10-9(7-14-8-15-10)5-12(11)17-4-2-3-13/h5-8H,2-4H2,1H3. The Morgan fingerprint density at radius 3 is 2.94 bits per heavy atom. The van der Waals surface area contributed by atoms with Gasteiger partial charge < -0.3 is 9.47 Å². The van der Waals surface area contributed by atoms with E-state index in [0.29, 0.717) is 24.0 Å². The number of halogens is 1. The van der Waals surface area contributed by atoms with Crippen molar-refractivity contribution in [3.05, 3.63) is 24.7 Å². The van der Waals surface area contributed by atoms with Crippen LogP contribution in [0, 0.1) is 0 Å². The molecular formula is C12H13ClN2O2. The van der Waals surface area contributed by atoms with E-state index in [4.69, 9.17) is 21.1 Å². The largest absolute Gasteiger partial charge is 0.493 e. The van der Waals surface area contributed by atoms with Crippen LogP contribution in [-0.2, 0) is 0 Å². The predicted molar refractivity (Wildman–Crippen MR) is 66.9 cm³/mol. The number of hydrogen-bond donors (Lipinski definition) is 0. The van der Waals surface area contributed by atoms with E-state index in [1.165, 1.54) is 6.33 Å². The van der Waals surface area contributed by atoms with Gasteiger partial charge >= 0.3 is 0 Å². The van der Waals surface area contributed by atoms with Crippen LogP contribution in [0.4, 0.5) is 0 Å². The Bertz CT molecular complexity index is 505. The summed E-state index contributed by atoms with van der Waals surface area (Å²) in [5.74, 6) is 1.95. The molecular weight excluding hydrogens is 240 g/mol. The van der Waals surface area contributed by atoms with E-state index in [-0.39, 0.29) is 0 Å². The first-order valence-electron chi connectivity index (χ1n) is 5.31. The van der Waals surface area contributed by atoms with Crippen LogP contribution in [0.1, 0.15) is 6.42 Å². The van der Waals surface area contributed by atoms with Gasteiger partial charge in [-0.1, -0.05) is 0 Å². The Kier molecular flexibility index (Phi) is 3.98. The summed E-state index contributed by atoms with van der Waals surface area (Å²) in [6, 6.07) is 3.72. The average molecular weight is 253 g/mol. The molecule has 5 heteroatoms. The zero-order valence-electron chi connectivity index (χ0n) is 9.52. The summed E-state index contributed by atoms with van der Waals surface area (Å²) in [6.45, 7) is 0.569. The number of rotatable bonds is 5. The van der Waals surface area contributed by atoms with Crippen LogP contribution >= 0.6 is 11.6 Å². The Morgan fingerprint density at radius 1 is 1.29 bits per heavy atom. The number of fused-ring (bicyclic) bond motifs is 1. The monoisotopic (exact) mass is 252 g/mol. The molecule has 0 aliphatic heterocycles. The molecule has 0 bridgehead atoms. The van der Waals surface area contributed by atoms with Crippen LogP contribution < -0.4 is 9.47 Å². The van der Waals surface area contributed by atoms with Crippen LogP contribution in [0.5, 0.6) is 11.5 Å². The van der Waals surface area contributed by atoms with Gasteiger partial charge in [0.05, 0.1) is 19.2 Å². The quantitative estimate of drug-likeness (QED) is 0.606. The van der Waals surface area contributed by atoms with E-state index in [2.05, 4.69) is 9.97 Å². The van der Waals surface area contributed by atoms with E-state index < -0.39 is 0 Å². The van der Waals surface area contributed by atoms with Gasteiger partial charge in [-0.15, -0.1) is 11.6 Å². The van der Waals surface area contributed by atoms with Crippen LogP contribution in [0.3, 0.4) is 0 Å². The molecule has 0 saturated heterocycles. The van der Waals surface area contributed by atoms with Gasteiger partial charge in [0.15, 0.2) is 11.5 Å². The maximum absolute atomic E-state index is 5.61. The Hall–Kier alpha value is -1.55. The maximum atomic E-state index is 5.61. The highest BCUT2D eigenvalue weighted by Gasteiger charge is 2.07. The van der Waals surface area contributed by atoms with E-state index in [9.17, 15) is 0 Å². The molecule has 0 N–H and O–H groups in total. The van der Waals surface area contributed by atoms with Crippen molar-refractivity contribution in [3.8, 4) is 11.5 Å². The van der Waals surface area contributed by atoms with E-state index in [1.807, 2.05) is 12.1 Å². The first-order valence-corrected chi connectivity index (χ1v) is 5.85. The molecule has 0 unspecified atom stereocenters. The van der Waals surface area contributed by atoms with Crippen LogP contribution in [0.25, 0.3) is 10.9 Å². The summed E-state index contributed by atoms with van der Waals surface area (Å²) in [6.07, 6.45) is 4.06. The van der Waals surface area contributed by atoms with E-state index in [1.54, 1.807) is 13.3 Å². The fourth-order valence-corrected chi connectivity index (χ4v) is 1.61. The minimum atomic E-state index is 0.569. The molecule has 90 valence electrons. The fraction of sp³-hybridized carbons (Fsp3) is 0.333. The number of ether oxygens (including phenoxy) is 2. The van der Waals surface area contributed by atoms with Gasteiger partial charge in [0.25, 0.3) is 0 Å². The van der Waals surface area contributed by atoms with Gasteiger partial charge in [0.1, 0.15) is 6.33 Å². The van der Waals surface area contributed by atoms with Gasteiger partial charge in [0.2, 0.25) is 0 Å². The third-order valence-corrected chi connectivity index (χ3v) is 2.59. The Labute approximate surface area is 105 Å². The van der Waals surface area contributed by atoms with Crippen molar-refractivity contribution in [2.45, 2.75) is 6.42 Å². The van der Waals surface area contributed by atoms with Crippen molar-refractivity contribution in [3.63, 3.8) is 0 Å². The van der Waals surface area contributed by atoms with Gasteiger partial charge in [0, 0.05) is 23.5 Å². The molecule has 1 heterocycles. The summed E-state index contributed by atoms with van der Waals surface area (Å²) < 4.78 is 10.9. The summed E-state index contributed by atoms with van der Waals surface area (Å²) in [5, 5.41) is 0.925. The predicted octanol–water partition coefficient (Wildman–Crippen LogP) is 2.65. The maximum Gasteiger partial charge on any atom is 0.162 e. The Balaban J connectivity index is 2.32. The number of aromatic nitrogens is 2. The van der Waals surface area contributed by atoms with Crippen molar-refractivity contribution in [2.75, 3.05) is 19.6 Å². The number of nitrogens with zero attached hydrogens (tertiary/aromatic N) is 2. The van der Waals surface area contributed by atoms with Gasteiger partial charge in [-0.25, -0.2) is 9.97 Å². The number of benzene rings is 1. The first kappa shape index (κ1) is 11.9. The lowest BCUT2D eigenvalue weighted by Crippen LogP contribution is -2.00. The summed E-state index contributed by atoms with van der Waals surface area (Å²) in [7, 11) is 1.61. The van der Waals surface area contributed by atoms with Crippen molar-refractivity contribution >= 4 is 22.5 Å². The first-order chi connectivity index (χ1) is 8.35. The molecule has 1 aromatic carbocycles. The van der Waals surface area contributed by atoms with Crippen LogP contribution in [0.15, 0.2) is 24.7 Å². The molecule has 0 atom stereocenters. The van der Waals surface area contributed by atoms with Crippen molar-refractivity contribution in [2.24, 2.45) is 0 Å². The lowest BCUT2D eigenvalue weighted by Gasteiger charge is -2.10. The number of methoxy groups -OCH3 is 1. The molecule has 0 spiro atoms. The molecule has 2 rings (SSSR count). The smallest absolute Gasteiger partial charge is 0.162 e. The molecule has 0 fully saturated rings. The molecule has 0 radical (unpaired) electrons. The molecule has 0 saturated carbocycles. The normalized spacial score (nSPS) is 10.5. The van der Waals surface area contributed by atoms with Gasteiger partial charge in [-0.3, -0.25) is 0 Å². The van der Waals surface area contributed by atoms with Gasteiger partial charge in [-0.2, -0.15) is 0 Å². The van der Waals surface area contributed by atoms with Crippen molar-refractivity contribution in [1.29, 1.82) is 0 Å². The third kappa shape index (κ3) is 2.77. The molecule has 0 aliphatic rings. The molecule has 1 aromatic heterocycles. The highest BCUT2D eigenvalue weighted by Crippen LogP contribution is 2.31. The second-order valence-corrected chi connectivity index (χ2v) is 3.85.